The Hall–Kier alpha value is -2.42. The van der Waals surface area contributed by atoms with Crippen LogP contribution in [0, 0.1) is 5.82 Å². The van der Waals surface area contributed by atoms with E-state index in [1.54, 1.807) is 12.1 Å². The van der Waals surface area contributed by atoms with Crippen LogP contribution in [0.4, 0.5) is 4.39 Å². The summed E-state index contributed by atoms with van der Waals surface area (Å²) in [5, 5.41) is 0.914. The van der Waals surface area contributed by atoms with Gasteiger partial charge in [-0.3, -0.25) is 4.79 Å². The smallest absolute Gasteiger partial charge is 0.195 e. The molecule has 3 heteroatoms. The van der Waals surface area contributed by atoms with Gasteiger partial charge in [0, 0.05) is 34.3 Å². The first-order valence-corrected chi connectivity index (χ1v) is 7.51. The summed E-state index contributed by atoms with van der Waals surface area (Å²) in [7, 11) is 0. The summed E-state index contributed by atoms with van der Waals surface area (Å²) in [4.78, 5) is 12.8. The first kappa shape index (κ1) is 14.5. The van der Waals surface area contributed by atoms with E-state index in [1.165, 1.54) is 12.1 Å². The second-order valence-corrected chi connectivity index (χ2v) is 5.56. The van der Waals surface area contributed by atoms with Crippen molar-refractivity contribution in [1.29, 1.82) is 0 Å². The lowest BCUT2D eigenvalue weighted by Gasteiger charge is -2.12. The third-order valence-electron chi connectivity index (χ3n) is 4.14. The summed E-state index contributed by atoms with van der Waals surface area (Å²) in [6, 6.07) is 14.0. The minimum Gasteiger partial charge on any atom is -0.344 e. The summed E-state index contributed by atoms with van der Waals surface area (Å²) in [6.07, 6.45) is 2.87. The van der Waals surface area contributed by atoms with Crippen LogP contribution >= 0.6 is 0 Å². The molecule has 3 rings (SSSR count). The maximum atomic E-state index is 13.4. The molecule has 22 heavy (non-hydrogen) atoms. The molecule has 0 saturated carbocycles. The third kappa shape index (κ3) is 2.43. The molecule has 2 aromatic carbocycles. The largest absolute Gasteiger partial charge is 0.344 e. The number of rotatable bonds is 4. The van der Waals surface area contributed by atoms with E-state index in [9.17, 15) is 9.18 Å². The number of carbonyl (C=O) groups excluding carboxylic acids is 1. The van der Waals surface area contributed by atoms with Gasteiger partial charge in [0.1, 0.15) is 5.82 Å². The summed E-state index contributed by atoms with van der Waals surface area (Å²) in [5.41, 5.74) is 2.05. The topological polar surface area (TPSA) is 22.0 Å². The molecule has 1 atom stereocenters. The number of hydrogen-bond donors (Lipinski definition) is 0. The minimum absolute atomic E-state index is 0.141. The maximum Gasteiger partial charge on any atom is 0.195 e. The van der Waals surface area contributed by atoms with Crippen LogP contribution in [0.2, 0.25) is 0 Å². The molecule has 0 N–H and O–H groups in total. The number of halogens is 1. The molecule has 0 aliphatic carbocycles. The number of fused-ring (bicyclic) bond motifs is 1. The minimum atomic E-state index is -0.392. The fourth-order valence-electron chi connectivity index (χ4n) is 2.73. The van der Waals surface area contributed by atoms with E-state index in [4.69, 9.17) is 0 Å². The Balaban J connectivity index is 2.17. The Morgan fingerprint density at radius 3 is 2.68 bits per heavy atom. The van der Waals surface area contributed by atoms with Gasteiger partial charge in [0.2, 0.25) is 0 Å². The Morgan fingerprint density at radius 1 is 1.18 bits per heavy atom. The summed E-state index contributed by atoms with van der Waals surface area (Å²) in [6.45, 7) is 4.25. The van der Waals surface area contributed by atoms with E-state index in [1.807, 2.05) is 30.5 Å². The highest BCUT2D eigenvalue weighted by Crippen LogP contribution is 2.27. The Kier molecular flexibility index (Phi) is 3.80. The Bertz CT molecular complexity index is 834. The molecule has 0 saturated heterocycles. The zero-order valence-electron chi connectivity index (χ0n) is 12.7. The maximum absolute atomic E-state index is 13.4. The van der Waals surface area contributed by atoms with Gasteiger partial charge >= 0.3 is 0 Å². The molecule has 0 aliphatic rings. The van der Waals surface area contributed by atoms with Gasteiger partial charge in [-0.1, -0.05) is 37.3 Å². The van der Waals surface area contributed by atoms with Crippen LogP contribution in [0.3, 0.4) is 0 Å². The zero-order valence-corrected chi connectivity index (χ0v) is 12.7. The molecule has 0 spiro atoms. The van der Waals surface area contributed by atoms with Gasteiger partial charge in [-0.2, -0.15) is 0 Å². The lowest BCUT2D eigenvalue weighted by Crippen LogP contribution is -2.03. The monoisotopic (exact) mass is 295 g/mol. The number of benzene rings is 2. The van der Waals surface area contributed by atoms with E-state index in [0.717, 1.165) is 17.3 Å². The predicted octanol–water partition coefficient (Wildman–Crippen LogP) is 4.98. The summed E-state index contributed by atoms with van der Waals surface area (Å²) < 4.78 is 15.5. The molecule has 1 unspecified atom stereocenters. The van der Waals surface area contributed by atoms with Crippen LogP contribution in [0.1, 0.15) is 42.2 Å². The SMILES string of the molecule is CCC(C)n1cc(C(=O)c2cccc(F)c2)c2ccccc21. The van der Waals surface area contributed by atoms with Gasteiger partial charge < -0.3 is 4.57 Å². The van der Waals surface area contributed by atoms with Crippen LogP contribution in [0.15, 0.2) is 54.7 Å². The van der Waals surface area contributed by atoms with Crippen molar-refractivity contribution in [2.45, 2.75) is 26.3 Å². The van der Waals surface area contributed by atoms with Gasteiger partial charge in [-0.05, 0) is 31.5 Å². The van der Waals surface area contributed by atoms with E-state index >= 15 is 0 Å². The molecule has 0 fully saturated rings. The van der Waals surface area contributed by atoms with Crippen molar-refractivity contribution >= 4 is 16.7 Å². The molecule has 3 aromatic rings. The Morgan fingerprint density at radius 2 is 1.95 bits per heavy atom. The quantitative estimate of drug-likeness (QED) is 0.622. The number of hydrogen-bond acceptors (Lipinski definition) is 1. The lowest BCUT2D eigenvalue weighted by atomic mass is 10.0. The van der Waals surface area contributed by atoms with Gasteiger partial charge in [-0.25, -0.2) is 4.39 Å². The predicted molar refractivity (Wildman–Crippen MR) is 86.8 cm³/mol. The van der Waals surface area contributed by atoms with Crippen LogP contribution < -0.4 is 0 Å². The van der Waals surface area contributed by atoms with E-state index in [2.05, 4.69) is 18.4 Å². The van der Waals surface area contributed by atoms with E-state index in [-0.39, 0.29) is 5.78 Å². The number of carbonyl (C=O) groups is 1. The van der Waals surface area contributed by atoms with E-state index in [0.29, 0.717) is 17.2 Å². The van der Waals surface area contributed by atoms with Gasteiger partial charge in [0.25, 0.3) is 0 Å². The first-order valence-electron chi connectivity index (χ1n) is 7.51. The number of para-hydroxylation sites is 1. The molecule has 1 aromatic heterocycles. The number of ketones is 1. The van der Waals surface area contributed by atoms with Crippen molar-refractivity contribution in [3.05, 3.63) is 71.7 Å². The molecule has 2 nitrogen and oxygen atoms in total. The molecular formula is C19H18FNO. The van der Waals surface area contributed by atoms with Crippen LogP contribution in [-0.2, 0) is 0 Å². The van der Waals surface area contributed by atoms with Crippen molar-refractivity contribution in [1.82, 2.24) is 4.57 Å². The van der Waals surface area contributed by atoms with Crippen LogP contribution in [-0.4, -0.2) is 10.4 Å². The highest BCUT2D eigenvalue weighted by atomic mass is 19.1. The van der Waals surface area contributed by atoms with Crippen LogP contribution in [0.5, 0.6) is 0 Å². The normalized spacial score (nSPS) is 12.5. The third-order valence-corrected chi connectivity index (χ3v) is 4.14. The van der Waals surface area contributed by atoms with Crippen molar-refractivity contribution in [3.63, 3.8) is 0 Å². The van der Waals surface area contributed by atoms with Crippen molar-refractivity contribution in [3.8, 4) is 0 Å². The average molecular weight is 295 g/mol. The second-order valence-electron chi connectivity index (χ2n) is 5.56. The summed E-state index contributed by atoms with van der Waals surface area (Å²) >= 11 is 0. The van der Waals surface area contributed by atoms with Crippen molar-refractivity contribution in [2.75, 3.05) is 0 Å². The van der Waals surface area contributed by atoms with Gasteiger partial charge in [0.05, 0.1) is 0 Å². The van der Waals surface area contributed by atoms with Gasteiger partial charge in [0.15, 0.2) is 5.78 Å². The van der Waals surface area contributed by atoms with E-state index < -0.39 is 5.82 Å². The first-order chi connectivity index (χ1) is 10.6. The molecule has 0 aliphatic heterocycles. The molecule has 0 bridgehead atoms. The molecule has 112 valence electrons. The zero-order chi connectivity index (χ0) is 15.7. The number of nitrogens with zero attached hydrogens (tertiary/aromatic N) is 1. The fraction of sp³-hybridized carbons (Fsp3) is 0.211. The highest BCUT2D eigenvalue weighted by molar-refractivity contribution is 6.16. The van der Waals surface area contributed by atoms with Crippen LogP contribution in [0.25, 0.3) is 10.9 Å². The van der Waals surface area contributed by atoms with Crippen molar-refractivity contribution in [2.24, 2.45) is 0 Å². The molecule has 0 amide bonds. The molecule has 1 heterocycles. The average Bonchev–Trinajstić information content (AvgIpc) is 2.93. The number of aromatic nitrogens is 1. The second kappa shape index (κ2) is 5.76. The fourth-order valence-corrected chi connectivity index (χ4v) is 2.73. The standard InChI is InChI=1S/C19H18FNO/c1-3-13(2)21-12-17(16-9-4-5-10-18(16)21)19(22)14-7-6-8-15(20)11-14/h4-13H,3H2,1-2H3. The molecule has 0 radical (unpaired) electrons. The highest BCUT2D eigenvalue weighted by Gasteiger charge is 2.18. The molecular weight excluding hydrogens is 277 g/mol. The van der Waals surface area contributed by atoms with Crippen molar-refractivity contribution < 1.29 is 9.18 Å². The van der Waals surface area contributed by atoms with Gasteiger partial charge in [-0.15, -0.1) is 0 Å². The Labute approximate surface area is 129 Å². The summed E-state index contributed by atoms with van der Waals surface area (Å²) in [5.74, 6) is -0.533. The lowest BCUT2D eigenvalue weighted by molar-refractivity contribution is 0.103.